The second kappa shape index (κ2) is 7.81. The molecular weight excluding hydrogens is 364 g/mol. The summed E-state index contributed by atoms with van der Waals surface area (Å²) in [6, 6.07) is 3.78. The molecule has 5 heteroatoms. The Balaban J connectivity index is 2.04. The van der Waals surface area contributed by atoms with Crippen LogP contribution >= 0.6 is 11.6 Å². The fourth-order valence-corrected chi connectivity index (χ4v) is 6.18. The molecule has 5 atom stereocenters. The molecule has 3 rings (SSSR count). The highest BCUT2D eigenvalue weighted by atomic mass is 35.5. The number of benzene rings is 1. The van der Waals surface area contributed by atoms with Crippen LogP contribution in [0.1, 0.15) is 51.5 Å². The van der Waals surface area contributed by atoms with Crippen molar-refractivity contribution in [3.05, 3.63) is 22.7 Å². The zero-order chi connectivity index (χ0) is 19.8. The van der Waals surface area contributed by atoms with E-state index in [0.717, 1.165) is 49.8 Å². The summed E-state index contributed by atoms with van der Waals surface area (Å²) in [5.74, 6) is 1.86. The third kappa shape index (κ3) is 3.45. The number of halogens is 1. The molecule has 0 heterocycles. The minimum atomic E-state index is -0.273. The first-order chi connectivity index (χ1) is 12.8. The molecule has 2 N–H and O–H groups in total. The minimum absolute atomic E-state index is 0.103. The first kappa shape index (κ1) is 20.8. The Kier molecular flexibility index (Phi) is 6.00. The molecule has 27 heavy (non-hydrogen) atoms. The van der Waals surface area contributed by atoms with Crippen molar-refractivity contribution < 1.29 is 19.7 Å². The molecular formula is C22H33ClO4. The SMILES string of the molecule is COc1cc(C[C@]2(C)[C@H](CO)CC[C@@]3(C)[C@H]2CCC[C@@H]3O)c(Cl)c(OC)c1. The van der Waals surface area contributed by atoms with E-state index in [9.17, 15) is 10.2 Å². The monoisotopic (exact) mass is 396 g/mol. The normalized spacial score (nSPS) is 36.2. The molecule has 2 saturated carbocycles. The van der Waals surface area contributed by atoms with Gasteiger partial charge in [-0.2, -0.15) is 0 Å². The number of methoxy groups -OCH3 is 2. The van der Waals surface area contributed by atoms with Crippen molar-refractivity contribution in [3.8, 4) is 11.5 Å². The van der Waals surface area contributed by atoms with Gasteiger partial charge in [-0.3, -0.25) is 0 Å². The average Bonchev–Trinajstić information content (AvgIpc) is 2.65. The number of aliphatic hydroxyl groups is 2. The van der Waals surface area contributed by atoms with Crippen LogP contribution in [0.3, 0.4) is 0 Å². The van der Waals surface area contributed by atoms with E-state index < -0.39 is 0 Å². The lowest BCUT2D eigenvalue weighted by molar-refractivity contribution is -0.150. The maximum absolute atomic E-state index is 10.8. The Morgan fingerprint density at radius 2 is 1.89 bits per heavy atom. The van der Waals surface area contributed by atoms with E-state index in [4.69, 9.17) is 21.1 Å². The average molecular weight is 397 g/mol. The third-order valence-electron chi connectivity index (χ3n) is 7.62. The van der Waals surface area contributed by atoms with Crippen molar-refractivity contribution in [1.29, 1.82) is 0 Å². The summed E-state index contributed by atoms with van der Waals surface area (Å²) in [5, 5.41) is 21.6. The van der Waals surface area contributed by atoms with E-state index in [0.29, 0.717) is 16.7 Å². The van der Waals surface area contributed by atoms with E-state index in [2.05, 4.69) is 13.8 Å². The molecule has 0 aliphatic heterocycles. The predicted octanol–water partition coefficient (Wildman–Crippen LogP) is 4.48. The Morgan fingerprint density at radius 1 is 1.15 bits per heavy atom. The van der Waals surface area contributed by atoms with Crippen LogP contribution in [0.25, 0.3) is 0 Å². The zero-order valence-corrected chi connectivity index (χ0v) is 17.7. The molecule has 0 saturated heterocycles. The van der Waals surface area contributed by atoms with E-state index >= 15 is 0 Å². The van der Waals surface area contributed by atoms with Gasteiger partial charge in [0.25, 0.3) is 0 Å². The van der Waals surface area contributed by atoms with Gasteiger partial charge in [-0.15, -0.1) is 0 Å². The van der Waals surface area contributed by atoms with Crippen LogP contribution in [-0.4, -0.2) is 37.1 Å². The van der Waals surface area contributed by atoms with Gasteiger partial charge in [0.05, 0.1) is 25.3 Å². The Bertz CT molecular complexity index is 679. The second-order valence-corrected chi connectivity index (χ2v) is 9.29. The fourth-order valence-electron chi connectivity index (χ4n) is 5.93. The first-order valence-electron chi connectivity index (χ1n) is 9.99. The van der Waals surface area contributed by atoms with Gasteiger partial charge in [0.1, 0.15) is 11.5 Å². The summed E-state index contributed by atoms with van der Waals surface area (Å²) in [7, 11) is 3.25. The van der Waals surface area contributed by atoms with Gasteiger partial charge in [0.2, 0.25) is 0 Å². The summed E-state index contributed by atoms with van der Waals surface area (Å²) in [6.07, 6.45) is 5.34. The van der Waals surface area contributed by atoms with Crippen LogP contribution in [0.2, 0.25) is 5.02 Å². The van der Waals surface area contributed by atoms with Crippen molar-refractivity contribution in [3.63, 3.8) is 0 Å². The summed E-state index contributed by atoms with van der Waals surface area (Å²) >= 11 is 6.66. The summed E-state index contributed by atoms with van der Waals surface area (Å²) in [5.41, 5.74) is 0.733. The van der Waals surface area contributed by atoms with Crippen LogP contribution in [0.15, 0.2) is 12.1 Å². The third-order valence-corrected chi connectivity index (χ3v) is 8.05. The Hall–Kier alpha value is -0.970. The number of fused-ring (bicyclic) bond motifs is 1. The lowest BCUT2D eigenvalue weighted by Crippen LogP contribution is -2.56. The molecule has 0 bridgehead atoms. The Morgan fingerprint density at radius 3 is 2.52 bits per heavy atom. The molecule has 0 aromatic heterocycles. The Labute approximate surface area is 167 Å². The topological polar surface area (TPSA) is 58.9 Å². The molecule has 0 unspecified atom stereocenters. The molecule has 0 radical (unpaired) electrons. The summed E-state index contributed by atoms with van der Waals surface area (Å²) in [4.78, 5) is 0. The maximum atomic E-state index is 10.8. The fraction of sp³-hybridized carbons (Fsp3) is 0.727. The van der Waals surface area contributed by atoms with E-state index in [-0.39, 0.29) is 29.5 Å². The van der Waals surface area contributed by atoms with Gasteiger partial charge in [0.15, 0.2) is 0 Å². The number of hydrogen-bond acceptors (Lipinski definition) is 4. The smallest absolute Gasteiger partial charge is 0.141 e. The lowest BCUT2D eigenvalue weighted by atomic mass is 9.46. The van der Waals surface area contributed by atoms with Crippen LogP contribution in [0.4, 0.5) is 0 Å². The van der Waals surface area contributed by atoms with Gasteiger partial charge >= 0.3 is 0 Å². The van der Waals surface area contributed by atoms with Crippen LogP contribution < -0.4 is 9.47 Å². The van der Waals surface area contributed by atoms with Gasteiger partial charge in [0, 0.05) is 12.7 Å². The highest BCUT2D eigenvalue weighted by molar-refractivity contribution is 6.32. The largest absolute Gasteiger partial charge is 0.497 e. The second-order valence-electron chi connectivity index (χ2n) is 8.91. The van der Waals surface area contributed by atoms with Gasteiger partial charge in [-0.05, 0) is 66.4 Å². The molecule has 2 aliphatic rings. The number of rotatable bonds is 5. The molecule has 0 amide bonds. The van der Waals surface area contributed by atoms with E-state index in [1.54, 1.807) is 20.3 Å². The van der Waals surface area contributed by atoms with E-state index in [1.807, 2.05) is 6.07 Å². The van der Waals surface area contributed by atoms with Gasteiger partial charge in [-0.1, -0.05) is 31.9 Å². The molecule has 1 aromatic carbocycles. The minimum Gasteiger partial charge on any atom is -0.497 e. The summed E-state index contributed by atoms with van der Waals surface area (Å²) in [6.45, 7) is 4.68. The standard InChI is InChI=1S/C22H33ClO4/c1-21-9-8-15(13-24)22(2,18(21)6-5-7-19(21)25)12-14-10-16(26-3)11-17(27-4)20(14)23/h10-11,15,18-19,24-25H,5-9,12-13H2,1-4H3/t15-,18+,19-,21-,22+/m0/s1. The molecule has 1 aromatic rings. The van der Waals surface area contributed by atoms with Crippen molar-refractivity contribution in [1.82, 2.24) is 0 Å². The number of ether oxygens (including phenoxy) is 2. The van der Waals surface area contributed by atoms with Gasteiger partial charge < -0.3 is 19.7 Å². The lowest BCUT2D eigenvalue weighted by Gasteiger charge is -2.60. The van der Waals surface area contributed by atoms with Crippen molar-refractivity contribution >= 4 is 11.6 Å². The van der Waals surface area contributed by atoms with Crippen LogP contribution in [0, 0.1) is 22.7 Å². The highest BCUT2D eigenvalue weighted by Crippen LogP contribution is 2.61. The number of aliphatic hydroxyl groups excluding tert-OH is 2. The van der Waals surface area contributed by atoms with Crippen molar-refractivity contribution in [2.24, 2.45) is 22.7 Å². The molecule has 152 valence electrons. The van der Waals surface area contributed by atoms with Crippen molar-refractivity contribution in [2.75, 3.05) is 20.8 Å². The molecule has 2 fully saturated rings. The number of hydrogen-bond donors (Lipinski definition) is 2. The first-order valence-corrected chi connectivity index (χ1v) is 10.4. The zero-order valence-electron chi connectivity index (χ0n) is 16.9. The van der Waals surface area contributed by atoms with Crippen LogP contribution in [0.5, 0.6) is 11.5 Å². The predicted molar refractivity (Wildman–Crippen MR) is 108 cm³/mol. The summed E-state index contributed by atoms with van der Waals surface area (Å²) < 4.78 is 10.9. The van der Waals surface area contributed by atoms with Crippen molar-refractivity contribution in [2.45, 2.75) is 58.5 Å². The maximum Gasteiger partial charge on any atom is 0.141 e. The van der Waals surface area contributed by atoms with E-state index in [1.165, 1.54) is 0 Å². The van der Waals surface area contributed by atoms with Gasteiger partial charge in [-0.25, -0.2) is 0 Å². The van der Waals surface area contributed by atoms with Crippen LogP contribution in [-0.2, 0) is 6.42 Å². The molecule has 2 aliphatic carbocycles. The molecule has 4 nitrogen and oxygen atoms in total. The highest BCUT2D eigenvalue weighted by Gasteiger charge is 2.56. The molecule has 0 spiro atoms. The quantitative estimate of drug-likeness (QED) is 0.770.